The summed E-state index contributed by atoms with van der Waals surface area (Å²) in [5.74, 6) is -0.877. The minimum Gasteiger partial charge on any atom is -0.652 e. The molecular formula is C24H23N2O5SV4-. The molecule has 0 spiro atoms. The van der Waals surface area contributed by atoms with Crippen LogP contribution >= 0.6 is 11.8 Å². The summed E-state index contributed by atoms with van der Waals surface area (Å²) in [7, 11) is 0. The van der Waals surface area contributed by atoms with Crippen LogP contribution in [0.25, 0.3) is 11.1 Å². The van der Waals surface area contributed by atoms with Gasteiger partial charge in [-0.1, -0.05) is 36.3 Å². The maximum Gasteiger partial charge on any atom is 0.242 e. The molecule has 7 nitrogen and oxygen atoms in total. The average Bonchev–Trinajstić information content (AvgIpc) is 3.22. The molecule has 1 heterocycles. The molecule has 2 aliphatic rings. The molecule has 0 saturated carbocycles. The Hall–Kier alpha value is -0.792. The van der Waals surface area contributed by atoms with Gasteiger partial charge in [0.15, 0.2) is 0 Å². The van der Waals surface area contributed by atoms with Gasteiger partial charge in [0.05, 0.1) is 11.9 Å². The fourth-order valence-corrected chi connectivity index (χ4v) is 5.00. The van der Waals surface area contributed by atoms with Gasteiger partial charge in [0.1, 0.15) is 0 Å². The number of hydrogen-bond donors (Lipinski definition) is 1. The molecule has 1 fully saturated rings. The number of carbonyl (C=O) groups is 3. The predicted molar refractivity (Wildman–Crippen MR) is 122 cm³/mol. The van der Waals surface area contributed by atoms with Crippen LogP contribution in [-0.4, -0.2) is 53.8 Å². The van der Waals surface area contributed by atoms with Gasteiger partial charge < -0.3 is 14.8 Å². The first-order valence-corrected chi connectivity index (χ1v) is 11.6. The molecule has 0 bridgehead atoms. The van der Waals surface area contributed by atoms with E-state index in [1.807, 2.05) is 31.2 Å². The van der Waals surface area contributed by atoms with E-state index in [2.05, 4.69) is 17.4 Å². The summed E-state index contributed by atoms with van der Waals surface area (Å²) in [5, 5.41) is 2.50. The van der Waals surface area contributed by atoms with Crippen molar-refractivity contribution in [3.05, 3.63) is 53.1 Å². The zero-order valence-corrected chi connectivity index (χ0v) is 26.0. The third kappa shape index (κ3) is 7.40. The molecule has 4 radical (unpaired) electrons. The van der Waals surface area contributed by atoms with Crippen molar-refractivity contribution in [1.82, 2.24) is 4.90 Å². The van der Waals surface area contributed by atoms with Crippen molar-refractivity contribution in [3.8, 4) is 11.1 Å². The van der Waals surface area contributed by atoms with Crippen LogP contribution in [0.4, 0.5) is 5.69 Å². The number of imide groups is 1. The van der Waals surface area contributed by atoms with E-state index in [-0.39, 0.29) is 129 Å². The molecule has 0 aromatic heterocycles. The normalized spacial score (nSPS) is 16.9. The Balaban J connectivity index is 0.00000306. The van der Waals surface area contributed by atoms with Gasteiger partial charge in [0, 0.05) is 105 Å². The monoisotopic (exact) mass is 655 g/mol. The Kier molecular flexibility index (Phi) is 15.2. The number of likely N-dealkylation sites (tertiary alicyclic amines) is 1. The van der Waals surface area contributed by atoms with Crippen LogP contribution in [0.3, 0.4) is 0 Å². The number of thioether (sulfide) groups is 1. The van der Waals surface area contributed by atoms with Crippen LogP contribution in [-0.2, 0) is 98.1 Å². The topological polar surface area (TPSA) is 92.8 Å². The maximum absolute atomic E-state index is 12.5. The number of rotatable bonds is 8. The summed E-state index contributed by atoms with van der Waals surface area (Å²) < 4.78 is 4.96. The van der Waals surface area contributed by atoms with Gasteiger partial charge in [-0.05, 0) is 47.6 Å². The number of benzene rings is 2. The van der Waals surface area contributed by atoms with Gasteiger partial charge >= 0.3 is 0 Å². The molecule has 2 unspecified atom stereocenters. The number of carbonyl (C=O) groups excluding carboxylic acids is 4. The molecule has 1 N–H and O–H groups in total. The van der Waals surface area contributed by atoms with E-state index < -0.39 is 0 Å². The van der Waals surface area contributed by atoms with Crippen LogP contribution in [0.1, 0.15) is 35.4 Å². The van der Waals surface area contributed by atoms with E-state index >= 15 is 0 Å². The molecule has 3 amide bonds. The van der Waals surface area contributed by atoms with Crippen molar-refractivity contribution in [3.63, 3.8) is 0 Å². The van der Waals surface area contributed by atoms with Crippen molar-refractivity contribution in [2.75, 3.05) is 24.7 Å². The summed E-state index contributed by atoms with van der Waals surface area (Å²) in [6, 6.07) is 11.8. The number of fused-ring (bicyclic) bond motifs is 3. The largest absolute Gasteiger partial charge is 0.652 e. The number of nitrogens with zero attached hydrogens (tertiary/aromatic N) is 1. The average molecular weight is 655 g/mol. The van der Waals surface area contributed by atoms with E-state index in [4.69, 9.17) is 4.74 Å². The molecule has 4 rings (SSSR count). The Labute approximate surface area is 262 Å². The fourth-order valence-electron chi connectivity index (χ4n) is 4.36. The van der Waals surface area contributed by atoms with E-state index in [0.717, 1.165) is 27.8 Å². The molecule has 1 aliphatic heterocycles. The summed E-state index contributed by atoms with van der Waals surface area (Å²) in [6.07, 6.45) is 2.01. The van der Waals surface area contributed by atoms with Crippen LogP contribution < -0.4 is 5.32 Å². The van der Waals surface area contributed by atoms with E-state index in [9.17, 15) is 19.2 Å². The van der Waals surface area contributed by atoms with Crippen LogP contribution in [0.15, 0.2) is 36.4 Å². The molecule has 1 saturated heterocycles. The second-order valence-electron chi connectivity index (χ2n) is 7.95. The summed E-state index contributed by atoms with van der Waals surface area (Å²) in [6.45, 7) is 3.74. The molecule has 186 valence electrons. The second kappa shape index (κ2) is 15.6. The number of anilines is 1. The maximum atomic E-state index is 12.5. The van der Waals surface area contributed by atoms with E-state index in [1.165, 1.54) is 23.1 Å². The van der Waals surface area contributed by atoms with Crippen molar-refractivity contribution in [2.24, 2.45) is 0 Å². The minimum absolute atomic E-state index is 0. The third-order valence-corrected chi connectivity index (χ3v) is 6.88. The second-order valence-corrected chi connectivity index (χ2v) is 8.99. The number of ether oxygens (including phenoxy) is 1. The first-order valence-electron chi connectivity index (χ1n) is 10.3. The van der Waals surface area contributed by atoms with Gasteiger partial charge in [0.25, 0.3) is 0 Å². The summed E-state index contributed by atoms with van der Waals surface area (Å²) >= 11 is 1.35. The van der Waals surface area contributed by atoms with Gasteiger partial charge in [-0.3, -0.25) is 19.3 Å². The van der Waals surface area contributed by atoms with Crippen molar-refractivity contribution in [2.45, 2.75) is 30.9 Å². The molecule has 36 heavy (non-hydrogen) atoms. The van der Waals surface area contributed by atoms with Crippen molar-refractivity contribution in [1.29, 1.82) is 0 Å². The number of hydrogen-bond acceptors (Lipinski definition) is 6. The Bertz CT molecular complexity index is 1120. The molecule has 2 atom stereocenters. The Morgan fingerprint density at radius 2 is 1.72 bits per heavy atom. The standard InChI is InChI=1S/C24H23N2O5S.4V/c1-14-3-5-16-17-6-4-15(10-19(17)20(12-31-13-27)18(16)9-14)25-22(28)7-8-26-23(29)11-21(32-2)24(26)30;;;;/h3-6,9-10,20-21H,7-8,11-12H2,1-2H3,(H,25,28);;;;/q-1;;;;. The van der Waals surface area contributed by atoms with Crippen molar-refractivity contribution < 1.29 is 98.1 Å². The third-order valence-electron chi connectivity index (χ3n) is 5.94. The van der Waals surface area contributed by atoms with Crippen LogP contribution in [0.5, 0.6) is 0 Å². The number of amides is 3. The molecule has 12 heteroatoms. The quantitative estimate of drug-likeness (QED) is 0.348. The van der Waals surface area contributed by atoms with Gasteiger partial charge in [-0.25, -0.2) is 0 Å². The SMILES string of the molecule is CSC1CC(=O)N(CCC(=O)Nc2ccc3c(c2)C(CO[C-]=O)c2cc(C)ccc2-3)C1=O.[V].[V].[V].[V]. The number of aryl methyl sites for hydroxylation is 1. The van der Waals surface area contributed by atoms with Crippen LogP contribution in [0, 0.1) is 6.92 Å². The summed E-state index contributed by atoms with van der Waals surface area (Å²) in [4.78, 5) is 48.6. The first kappa shape index (κ1) is 35.2. The minimum atomic E-state index is -0.352. The summed E-state index contributed by atoms with van der Waals surface area (Å²) in [5.41, 5.74) is 5.88. The molecule has 2 aromatic carbocycles. The van der Waals surface area contributed by atoms with Crippen LogP contribution in [0.2, 0.25) is 0 Å². The Morgan fingerprint density at radius 1 is 1.08 bits per heavy atom. The predicted octanol–water partition coefficient (Wildman–Crippen LogP) is 3.00. The van der Waals surface area contributed by atoms with Gasteiger partial charge in [-0.2, -0.15) is 11.8 Å². The van der Waals surface area contributed by atoms with E-state index in [0.29, 0.717) is 5.69 Å². The van der Waals surface area contributed by atoms with Crippen molar-refractivity contribution >= 4 is 41.6 Å². The molecular weight excluding hydrogens is 632 g/mol. The van der Waals surface area contributed by atoms with Gasteiger partial charge in [0.2, 0.25) is 17.7 Å². The van der Waals surface area contributed by atoms with E-state index in [1.54, 1.807) is 6.26 Å². The smallest absolute Gasteiger partial charge is 0.242 e. The molecule has 1 aliphatic carbocycles. The number of nitrogens with one attached hydrogen (secondary N) is 1. The zero-order chi connectivity index (χ0) is 22.8. The fraction of sp³-hybridized carbons (Fsp3) is 0.333. The Morgan fingerprint density at radius 3 is 2.33 bits per heavy atom. The zero-order valence-electron chi connectivity index (χ0n) is 19.6. The molecule has 2 aromatic rings. The first-order chi connectivity index (χ1) is 15.4. The van der Waals surface area contributed by atoms with Gasteiger partial charge in [-0.15, -0.1) is 0 Å².